The number of rotatable bonds is 9. The Balaban J connectivity index is 2.07. The van der Waals surface area contributed by atoms with Crippen molar-refractivity contribution in [1.29, 1.82) is 0 Å². The Hall–Kier alpha value is -3.30. The van der Waals surface area contributed by atoms with Crippen molar-refractivity contribution in [1.82, 2.24) is 10.6 Å². The second kappa shape index (κ2) is 10.6. The largest absolute Gasteiger partial charge is 0.493 e. The molecule has 2 rings (SSSR count). The highest BCUT2D eigenvalue weighted by molar-refractivity contribution is 6.04. The third kappa shape index (κ3) is 6.87. The number of urea groups is 1. The van der Waals surface area contributed by atoms with Crippen LogP contribution in [0.3, 0.4) is 0 Å². The normalized spacial score (nSPS) is 16.8. The molecule has 1 aromatic carbocycles. The molecule has 3 N–H and O–H groups in total. The number of hydrogen-bond acceptors (Lipinski definition) is 7. The van der Waals surface area contributed by atoms with Gasteiger partial charge in [0.2, 0.25) is 5.91 Å². The lowest BCUT2D eigenvalue weighted by Gasteiger charge is -2.15. The van der Waals surface area contributed by atoms with Crippen LogP contribution in [-0.4, -0.2) is 51.2 Å². The van der Waals surface area contributed by atoms with Crippen LogP contribution in [0.25, 0.3) is 0 Å². The molecule has 1 aliphatic carbocycles. The fourth-order valence-corrected chi connectivity index (χ4v) is 2.78. The molecule has 0 spiro atoms. The van der Waals surface area contributed by atoms with Gasteiger partial charge in [-0.3, -0.25) is 14.9 Å². The van der Waals surface area contributed by atoms with Crippen LogP contribution in [0.5, 0.6) is 11.5 Å². The van der Waals surface area contributed by atoms with Crippen LogP contribution >= 0.6 is 0 Å². The lowest BCUT2D eigenvalue weighted by molar-refractivity contribution is -0.123. The number of methoxy groups -OCH3 is 2. The highest BCUT2D eigenvalue weighted by Gasteiger charge is 2.39. The highest BCUT2D eigenvalue weighted by atomic mass is 16.5. The number of ether oxygens (including phenoxy) is 3. The van der Waals surface area contributed by atoms with Crippen LogP contribution in [0, 0.1) is 17.8 Å². The summed E-state index contributed by atoms with van der Waals surface area (Å²) >= 11 is 0. The first-order valence-electron chi connectivity index (χ1n) is 9.97. The maximum absolute atomic E-state index is 12.6. The molecule has 170 valence electrons. The van der Waals surface area contributed by atoms with E-state index in [-0.39, 0.29) is 40.7 Å². The van der Waals surface area contributed by atoms with E-state index in [0.29, 0.717) is 12.3 Å². The molecule has 10 nitrogen and oxygen atoms in total. The average molecular weight is 435 g/mol. The van der Waals surface area contributed by atoms with Crippen LogP contribution in [0.4, 0.5) is 10.5 Å². The molecule has 1 saturated carbocycles. The maximum atomic E-state index is 12.6. The third-order valence-electron chi connectivity index (χ3n) is 4.71. The first-order valence-corrected chi connectivity index (χ1v) is 9.97. The van der Waals surface area contributed by atoms with Gasteiger partial charge in [-0.15, -0.1) is 0 Å². The number of imide groups is 1. The molecule has 0 aromatic heterocycles. The van der Waals surface area contributed by atoms with Crippen molar-refractivity contribution in [2.24, 2.45) is 17.8 Å². The van der Waals surface area contributed by atoms with Gasteiger partial charge in [0.15, 0.2) is 18.1 Å². The van der Waals surface area contributed by atoms with Gasteiger partial charge in [-0.1, -0.05) is 20.8 Å². The summed E-state index contributed by atoms with van der Waals surface area (Å²) in [5.41, 5.74) is 0.179. The zero-order chi connectivity index (χ0) is 23.1. The Labute approximate surface area is 181 Å². The predicted molar refractivity (Wildman–Crippen MR) is 112 cm³/mol. The quantitative estimate of drug-likeness (QED) is 0.505. The zero-order valence-electron chi connectivity index (χ0n) is 18.4. The van der Waals surface area contributed by atoms with Gasteiger partial charge >= 0.3 is 12.0 Å². The molecule has 10 heteroatoms. The van der Waals surface area contributed by atoms with Gasteiger partial charge in [0.1, 0.15) is 0 Å². The lowest BCUT2D eigenvalue weighted by Crippen LogP contribution is -2.42. The van der Waals surface area contributed by atoms with Gasteiger partial charge in [-0.05, 0) is 18.3 Å². The van der Waals surface area contributed by atoms with Gasteiger partial charge in [-0.25, -0.2) is 9.59 Å². The number of hydrogen-bond donors (Lipinski definition) is 3. The van der Waals surface area contributed by atoms with Crippen LogP contribution in [0.15, 0.2) is 12.1 Å². The fraction of sp³-hybridized carbons (Fsp3) is 0.524. The third-order valence-corrected chi connectivity index (χ3v) is 4.71. The Morgan fingerprint density at radius 1 is 1.10 bits per heavy atom. The van der Waals surface area contributed by atoms with E-state index >= 15 is 0 Å². The van der Waals surface area contributed by atoms with Crippen molar-refractivity contribution in [2.45, 2.75) is 27.2 Å². The first-order chi connectivity index (χ1) is 14.7. The summed E-state index contributed by atoms with van der Waals surface area (Å²) in [5, 5.41) is 7.32. The second-order valence-electron chi connectivity index (χ2n) is 7.79. The molecule has 2 unspecified atom stereocenters. The predicted octanol–water partition coefficient (Wildman–Crippen LogP) is 1.94. The van der Waals surface area contributed by atoms with E-state index in [1.807, 2.05) is 20.8 Å². The van der Waals surface area contributed by atoms with E-state index in [1.54, 1.807) is 0 Å². The molecule has 4 amide bonds. The summed E-state index contributed by atoms with van der Waals surface area (Å²) in [6, 6.07) is 2.15. The van der Waals surface area contributed by atoms with Gasteiger partial charge in [0, 0.05) is 24.6 Å². The van der Waals surface area contributed by atoms with E-state index in [2.05, 4.69) is 16.0 Å². The molecule has 1 aliphatic rings. The van der Waals surface area contributed by atoms with E-state index in [0.717, 1.165) is 6.42 Å². The van der Waals surface area contributed by atoms with E-state index in [1.165, 1.54) is 26.4 Å². The number of nitrogens with one attached hydrogen (secondary N) is 3. The lowest BCUT2D eigenvalue weighted by atomic mass is 10.1. The summed E-state index contributed by atoms with van der Waals surface area (Å²) in [6.07, 6.45) is 0.776. The molecule has 0 saturated heterocycles. The maximum Gasteiger partial charge on any atom is 0.340 e. The van der Waals surface area contributed by atoms with E-state index in [4.69, 9.17) is 14.2 Å². The molecule has 31 heavy (non-hydrogen) atoms. The number of carbonyl (C=O) groups excluding carboxylic acids is 4. The Morgan fingerprint density at radius 2 is 1.71 bits per heavy atom. The molecule has 0 heterocycles. The SMILES string of the molecule is COc1cc(NC(=O)C2CC2C)c(C(=O)OCC(=O)NC(=O)NCC(C)C)cc1OC. The van der Waals surface area contributed by atoms with Gasteiger partial charge in [0.25, 0.3) is 5.91 Å². The summed E-state index contributed by atoms with van der Waals surface area (Å²) in [5.74, 6) is -0.912. The monoisotopic (exact) mass is 435 g/mol. The minimum atomic E-state index is -0.863. The van der Waals surface area contributed by atoms with Crippen molar-refractivity contribution < 1.29 is 33.4 Å². The molecule has 2 atom stereocenters. The van der Waals surface area contributed by atoms with Crippen molar-refractivity contribution in [3.05, 3.63) is 17.7 Å². The zero-order valence-corrected chi connectivity index (χ0v) is 18.4. The van der Waals surface area contributed by atoms with Crippen molar-refractivity contribution in [3.8, 4) is 11.5 Å². The topological polar surface area (TPSA) is 132 Å². The molecular formula is C21H29N3O7. The molecule has 0 aliphatic heterocycles. The average Bonchev–Trinajstić information content (AvgIpc) is 3.46. The molecule has 0 radical (unpaired) electrons. The molecular weight excluding hydrogens is 406 g/mol. The summed E-state index contributed by atoms with van der Waals surface area (Å²) in [7, 11) is 2.83. The van der Waals surface area contributed by atoms with Gasteiger partial charge in [-0.2, -0.15) is 0 Å². The smallest absolute Gasteiger partial charge is 0.340 e. The van der Waals surface area contributed by atoms with Crippen molar-refractivity contribution >= 4 is 29.5 Å². The fourth-order valence-electron chi connectivity index (χ4n) is 2.78. The van der Waals surface area contributed by atoms with Crippen LogP contribution in [-0.2, 0) is 14.3 Å². The van der Waals surface area contributed by atoms with Crippen molar-refractivity contribution in [3.63, 3.8) is 0 Å². The summed E-state index contributed by atoms with van der Waals surface area (Å²) < 4.78 is 15.5. The van der Waals surface area contributed by atoms with Gasteiger partial charge < -0.3 is 24.8 Å². The molecule has 0 bridgehead atoms. The second-order valence-corrected chi connectivity index (χ2v) is 7.79. The number of amides is 4. The Morgan fingerprint density at radius 3 is 2.26 bits per heavy atom. The minimum absolute atomic E-state index is 0.00337. The highest BCUT2D eigenvalue weighted by Crippen LogP contribution is 2.40. The number of carbonyl (C=O) groups is 4. The number of anilines is 1. The van der Waals surface area contributed by atoms with E-state index in [9.17, 15) is 19.2 Å². The molecule has 1 fully saturated rings. The first kappa shape index (κ1) is 24.0. The minimum Gasteiger partial charge on any atom is -0.493 e. The van der Waals surface area contributed by atoms with Crippen LogP contribution in [0.1, 0.15) is 37.6 Å². The summed E-state index contributed by atoms with van der Waals surface area (Å²) in [6.45, 7) is 5.51. The number of esters is 1. The van der Waals surface area contributed by atoms with E-state index < -0.39 is 24.5 Å². The summed E-state index contributed by atoms with van der Waals surface area (Å²) in [4.78, 5) is 48.5. The van der Waals surface area contributed by atoms with Crippen LogP contribution in [0.2, 0.25) is 0 Å². The molecule has 1 aromatic rings. The number of benzene rings is 1. The van der Waals surface area contributed by atoms with Crippen molar-refractivity contribution in [2.75, 3.05) is 32.7 Å². The Kier molecular flexibility index (Phi) is 8.23. The van der Waals surface area contributed by atoms with Gasteiger partial charge in [0.05, 0.1) is 25.5 Å². The standard InChI is InChI=1S/C21H29N3O7/c1-11(2)9-22-21(28)24-18(25)10-31-20(27)14-7-16(29-4)17(30-5)8-15(14)23-19(26)13-6-12(13)3/h7-8,11-13H,6,9-10H2,1-5H3,(H,23,26)(H2,22,24,25,28). The Bertz CT molecular complexity index is 854. The van der Waals surface area contributed by atoms with Crippen LogP contribution < -0.4 is 25.4 Å².